The molecule has 0 atom stereocenters. The number of piperidine rings is 1. The van der Waals surface area contributed by atoms with Crippen LogP contribution >= 0.6 is 11.6 Å². The lowest BCUT2D eigenvalue weighted by atomic mass is 9.99. The number of nitrogens with zero attached hydrogens (tertiary/aromatic N) is 4. The summed E-state index contributed by atoms with van der Waals surface area (Å²) >= 11 is 6.31. The summed E-state index contributed by atoms with van der Waals surface area (Å²) in [6.45, 7) is 7.18. The van der Waals surface area contributed by atoms with Gasteiger partial charge in [0.1, 0.15) is 5.75 Å². The van der Waals surface area contributed by atoms with Crippen LogP contribution in [0.4, 0.5) is 5.95 Å². The van der Waals surface area contributed by atoms with Crippen molar-refractivity contribution < 1.29 is 9.53 Å². The van der Waals surface area contributed by atoms with Crippen LogP contribution in [0.25, 0.3) is 0 Å². The van der Waals surface area contributed by atoms with E-state index in [1.54, 1.807) is 17.0 Å². The van der Waals surface area contributed by atoms with E-state index in [4.69, 9.17) is 26.3 Å². The molecular formula is C27H29ClN4O2. The number of carbonyl (C=O) groups is 1. The maximum Gasteiger partial charge on any atom is 0.255 e. The molecule has 3 heterocycles. The zero-order valence-corrected chi connectivity index (χ0v) is 20.4. The van der Waals surface area contributed by atoms with Gasteiger partial charge in [0.25, 0.3) is 5.91 Å². The van der Waals surface area contributed by atoms with Crippen LogP contribution in [0.5, 0.6) is 11.6 Å². The average molecular weight is 477 g/mol. The fourth-order valence-corrected chi connectivity index (χ4v) is 4.79. The van der Waals surface area contributed by atoms with Crippen LogP contribution in [0.2, 0.25) is 5.02 Å². The van der Waals surface area contributed by atoms with Crippen molar-refractivity contribution in [3.05, 3.63) is 75.9 Å². The highest BCUT2D eigenvalue weighted by molar-refractivity contribution is 6.33. The summed E-state index contributed by atoms with van der Waals surface area (Å²) < 4.78 is 6.33. The van der Waals surface area contributed by atoms with Crippen LogP contribution in [-0.2, 0) is 13.0 Å². The highest BCUT2D eigenvalue weighted by Crippen LogP contribution is 2.33. The Balaban J connectivity index is 1.49. The van der Waals surface area contributed by atoms with Gasteiger partial charge in [-0.3, -0.25) is 4.79 Å². The Morgan fingerprint density at radius 2 is 1.85 bits per heavy atom. The average Bonchev–Trinajstić information content (AvgIpc) is 2.84. The van der Waals surface area contributed by atoms with E-state index in [0.29, 0.717) is 36.0 Å². The van der Waals surface area contributed by atoms with Gasteiger partial charge in [-0.1, -0.05) is 42.8 Å². The zero-order valence-electron chi connectivity index (χ0n) is 19.6. The van der Waals surface area contributed by atoms with E-state index in [9.17, 15) is 4.79 Å². The van der Waals surface area contributed by atoms with Crippen LogP contribution in [0.1, 0.15) is 46.9 Å². The minimum atomic E-state index is -0.0909. The summed E-state index contributed by atoms with van der Waals surface area (Å²) in [5, 5.41) is 0.459. The number of benzene rings is 2. The molecule has 2 aromatic carbocycles. The summed E-state index contributed by atoms with van der Waals surface area (Å²) in [5.74, 6) is 2.61. The first kappa shape index (κ1) is 22.7. The van der Waals surface area contributed by atoms with Gasteiger partial charge in [0, 0.05) is 26.1 Å². The second-order valence-corrected chi connectivity index (χ2v) is 9.71. The molecule has 34 heavy (non-hydrogen) atoms. The SMILES string of the molecule is Cc1cccc(Oc2nc(N3CCC(C)CC3)nc3c2CN(C(=O)c2ccccc2Cl)CC3)c1. The lowest BCUT2D eigenvalue weighted by Gasteiger charge is -2.33. The van der Waals surface area contributed by atoms with E-state index < -0.39 is 0 Å². The quantitative estimate of drug-likeness (QED) is 0.486. The smallest absolute Gasteiger partial charge is 0.255 e. The van der Waals surface area contributed by atoms with E-state index in [2.05, 4.69) is 11.8 Å². The van der Waals surface area contributed by atoms with Crippen molar-refractivity contribution in [1.82, 2.24) is 14.9 Å². The van der Waals surface area contributed by atoms with Crippen molar-refractivity contribution in [1.29, 1.82) is 0 Å². The van der Waals surface area contributed by atoms with Crippen molar-refractivity contribution >= 4 is 23.5 Å². The predicted molar refractivity (Wildman–Crippen MR) is 134 cm³/mol. The predicted octanol–water partition coefficient (Wildman–Crippen LogP) is 5.67. The summed E-state index contributed by atoms with van der Waals surface area (Å²) in [6.07, 6.45) is 2.92. The van der Waals surface area contributed by atoms with Gasteiger partial charge >= 0.3 is 0 Å². The van der Waals surface area contributed by atoms with E-state index in [0.717, 1.165) is 60.4 Å². The van der Waals surface area contributed by atoms with Crippen LogP contribution in [0, 0.1) is 12.8 Å². The second-order valence-electron chi connectivity index (χ2n) is 9.30. The van der Waals surface area contributed by atoms with E-state index in [1.807, 2.05) is 43.3 Å². The molecule has 0 unspecified atom stereocenters. The maximum atomic E-state index is 13.2. The van der Waals surface area contributed by atoms with Crippen molar-refractivity contribution in [3.63, 3.8) is 0 Å². The summed E-state index contributed by atoms with van der Waals surface area (Å²) in [4.78, 5) is 27.1. The molecule has 176 valence electrons. The van der Waals surface area contributed by atoms with Gasteiger partial charge in [-0.2, -0.15) is 4.98 Å². The third kappa shape index (κ3) is 4.73. The van der Waals surface area contributed by atoms with Crippen molar-refractivity contribution in [2.75, 3.05) is 24.5 Å². The number of halogens is 1. The fraction of sp³-hybridized carbons (Fsp3) is 0.370. The summed E-state index contributed by atoms with van der Waals surface area (Å²) in [6, 6.07) is 15.1. The highest BCUT2D eigenvalue weighted by atomic mass is 35.5. The van der Waals surface area contributed by atoms with Gasteiger partial charge in [-0.25, -0.2) is 4.98 Å². The molecule has 0 saturated carbocycles. The molecule has 1 saturated heterocycles. The molecule has 0 aliphatic carbocycles. The maximum absolute atomic E-state index is 13.2. The highest BCUT2D eigenvalue weighted by Gasteiger charge is 2.29. The Hall–Kier alpha value is -3.12. The topological polar surface area (TPSA) is 58.6 Å². The van der Waals surface area contributed by atoms with Gasteiger partial charge in [0.2, 0.25) is 11.8 Å². The van der Waals surface area contributed by atoms with E-state index in [1.165, 1.54) is 0 Å². The molecule has 0 bridgehead atoms. The normalized spacial score (nSPS) is 16.3. The van der Waals surface area contributed by atoms with Gasteiger partial charge in [0.15, 0.2) is 0 Å². The number of hydrogen-bond acceptors (Lipinski definition) is 5. The first-order valence-corrected chi connectivity index (χ1v) is 12.3. The molecule has 1 aromatic heterocycles. The number of amides is 1. The summed E-state index contributed by atoms with van der Waals surface area (Å²) in [5.41, 5.74) is 3.44. The van der Waals surface area contributed by atoms with Gasteiger partial charge in [-0.05, 0) is 55.5 Å². The number of ether oxygens (including phenoxy) is 1. The molecule has 6 nitrogen and oxygen atoms in total. The molecule has 2 aliphatic heterocycles. The van der Waals surface area contributed by atoms with Gasteiger partial charge in [0.05, 0.1) is 28.4 Å². The van der Waals surface area contributed by atoms with Crippen molar-refractivity contribution in [2.24, 2.45) is 5.92 Å². The van der Waals surface area contributed by atoms with Crippen molar-refractivity contribution in [3.8, 4) is 11.6 Å². The molecule has 1 amide bonds. The molecule has 7 heteroatoms. The standard InChI is InChI=1S/C27H29ClN4O2/c1-18-10-13-31(14-11-18)27-29-24-12-15-32(26(33)21-8-3-4-9-23(21)28)17-22(24)25(30-27)34-20-7-5-6-19(2)16-20/h3-9,16,18H,10-15,17H2,1-2H3. The molecule has 0 radical (unpaired) electrons. The van der Waals surface area contributed by atoms with E-state index >= 15 is 0 Å². The lowest BCUT2D eigenvalue weighted by molar-refractivity contribution is 0.0732. The second kappa shape index (κ2) is 9.63. The molecule has 5 rings (SSSR count). The van der Waals surface area contributed by atoms with Gasteiger partial charge in [-0.15, -0.1) is 0 Å². The van der Waals surface area contributed by atoms with E-state index in [-0.39, 0.29) is 5.91 Å². The Labute approximate surface area is 205 Å². The Bertz CT molecular complexity index is 1210. The Morgan fingerprint density at radius 1 is 1.06 bits per heavy atom. The zero-order chi connectivity index (χ0) is 23.7. The fourth-order valence-electron chi connectivity index (χ4n) is 4.57. The number of carbonyl (C=O) groups excluding carboxylic acids is 1. The van der Waals surface area contributed by atoms with Crippen LogP contribution in [-0.4, -0.2) is 40.4 Å². The molecule has 1 fully saturated rings. The minimum Gasteiger partial charge on any atom is -0.438 e. The number of fused-ring (bicyclic) bond motifs is 1. The molecular weight excluding hydrogens is 448 g/mol. The van der Waals surface area contributed by atoms with Gasteiger partial charge < -0.3 is 14.5 Å². The number of hydrogen-bond donors (Lipinski definition) is 0. The lowest BCUT2D eigenvalue weighted by Crippen LogP contribution is -2.38. The monoisotopic (exact) mass is 476 g/mol. The Morgan fingerprint density at radius 3 is 2.62 bits per heavy atom. The number of aryl methyl sites for hydroxylation is 1. The van der Waals surface area contributed by atoms with Crippen molar-refractivity contribution in [2.45, 2.75) is 39.7 Å². The number of rotatable bonds is 4. The molecule has 0 N–H and O–H groups in total. The Kier molecular flexibility index (Phi) is 6.42. The molecule has 2 aliphatic rings. The first-order chi connectivity index (χ1) is 16.5. The molecule has 3 aromatic rings. The number of aromatic nitrogens is 2. The molecule has 0 spiro atoms. The third-order valence-electron chi connectivity index (χ3n) is 6.67. The van der Waals surface area contributed by atoms with Crippen LogP contribution in [0.3, 0.4) is 0 Å². The first-order valence-electron chi connectivity index (χ1n) is 11.9. The largest absolute Gasteiger partial charge is 0.438 e. The number of anilines is 1. The van der Waals surface area contributed by atoms with Crippen LogP contribution < -0.4 is 9.64 Å². The summed E-state index contributed by atoms with van der Waals surface area (Å²) in [7, 11) is 0. The minimum absolute atomic E-state index is 0.0909. The third-order valence-corrected chi connectivity index (χ3v) is 7.00. The van der Waals surface area contributed by atoms with Crippen LogP contribution in [0.15, 0.2) is 48.5 Å².